The van der Waals surface area contributed by atoms with Crippen LogP contribution in [-0.4, -0.2) is 37.2 Å². The molecule has 1 aromatic rings. The van der Waals surface area contributed by atoms with E-state index in [2.05, 4.69) is 6.92 Å². The quantitative estimate of drug-likeness (QED) is 0.568. The minimum atomic E-state index is -0.375. The molecule has 0 N–H and O–H groups in total. The fourth-order valence-electron chi connectivity index (χ4n) is 5.25. The van der Waals surface area contributed by atoms with Crippen molar-refractivity contribution in [3.63, 3.8) is 0 Å². The van der Waals surface area contributed by atoms with Gasteiger partial charge < -0.3 is 14.4 Å². The Morgan fingerprint density at radius 1 is 0.903 bits per heavy atom. The topological polar surface area (TPSA) is 55.8 Å². The van der Waals surface area contributed by atoms with Crippen molar-refractivity contribution >= 4 is 17.6 Å². The average Bonchev–Trinajstić information content (AvgIpc) is 3.60. The Morgan fingerprint density at radius 3 is 2.10 bits per heavy atom. The van der Waals surface area contributed by atoms with Crippen LogP contribution in [0.15, 0.2) is 18.2 Å². The van der Waals surface area contributed by atoms with Crippen molar-refractivity contribution in [2.75, 3.05) is 12.0 Å². The van der Waals surface area contributed by atoms with E-state index in [1.54, 1.807) is 0 Å². The summed E-state index contributed by atoms with van der Waals surface area (Å²) in [7, 11) is 1.41. The lowest BCUT2D eigenvalue weighted by atomic mass is 9.81. The van der Waals surface area contributed by atoms with Crippen LogP contribution < -0.4 is 4.90 Å². The molecular formula is C26H37NO4. The molecule has 3 fully saturated rings. The number of methoxy groups -OCH3 is 1. The third-order valence-corrected chi connectivity index (χ3v) is 7.34. The van der Waals surface area contributed by atoms with Gasteiger partial charge in [-0.1, -0.05) is 18.6 Å². The van der Waals surface area contributed by atoms with Gasteiger partial charge in [0, 0.05) is 12.0 Å². The minimum Gasteiger partial charge on any atom is -0.465 e. The van der Waals surface area contributed by atoms with Gasteiger partial charge in [0.1, 0.15) is 0 Å². The van der Waals surface area contributed by atoms with Crippen LogP contribution in [0.3, 0.4) is 0 Å². The van der Waals surface area contributed by atoms with Gasteiger partial charge in [-0.15, -0.1) is 0 Å². The summed E-state index contributed by atoms with van der Waals surface area (Å²) in [4.78, 5) is 28.5. The molecule has 0 spiro atoms. The van der Waals surface area contributed by atoms with Gasteiger partial charge >= 0.3 is 5.97 Å². The van der Waals surface area contributed by atoms with E-state index in [0.717, 1.165) is 56.9 Å². The number of nitrogens with zero attached hydrogens (tertiary/aromatic N) is 1. The number of aryl methyl sites for hydroxylation is 1. The molecule has 3 aliphatic carbocycles. The Hall–Kier alpha value is -1.88. The average molecular weight is 428 g/mol. The summed E-state index contributed by atoms with van der Waals surface area (Å²) in [6, 6.07) is 5.90. The first kappa shape index (κ1) is 22.3. The fourth-order valence-corrected chi connectivity index (χ4v) is 5.25. The SMILES string of the molecule is COC(=O)c1cc(C)ccc1N(C(=O)C1CCC(C)CC1)C1CCC(OC2CC2)CC1. The number of rotatable bonds is 6. The summed E-state index contributed by atoms with van der Waals surface area (Å²) >= 11 is 0. The number of esters is 1. The molecule has 3 saturated carbocycles. The number of ether oxygens (including phenoxy) is 2. The lowest BCUT2D eigenvalue weighted by Crippen LogP contribution is -2.47. The van der Waals surface area contributed by atoms with Crippen LogP contribution in [0.2, 0.25) is 0 Å². The summed E-state index contributed by atoms with van der Waals surface area (Å²) in [5.41, 5.74) is 2.20. The maximum atomic E-state index is 13.9. The normalized spacial score (nSPS) is 28.7. The van der Waals surface area contributed by atoms with Gasteiger partial charge in [0.15, 0.2) is 0 Å². The zero-order chi connectivity index (χ0) is 22.0. The van der Waals surface area contributed by atoms with Gasteiger partial charge in [0.05, 0.1) is 30.6 Å². The van der Waals surface area contributed by atoms with Crippen LogP contribution in [-0.2, 0) is 14.3 Å². The Balaban J connectivity index is 1.60. The van der Waals surface area contributed by atoms with Crippen LogP contribution in [0, 0.1) is 18.8 Å². The monoisotopic (exact) mass is 427 g/mol. The van der Waals surface area contributed by atoms with Crippen LogP contribution in [0.5, 0.6) is 0 Å². The molecule has 0 heterocycles. The molecule has 4 rings (SSSR count). The van der Waals surface area contributed by atoms with E-state index in [0.29, 0.717) is 29.4 Å². The second-order valence-electron chi connectivity index (χ2n) is 9.94. The maximum Gasteiger partial charge on any atom is 0.339 e. The lowest BCUT2D eigenvalue weighted by Gasteiger charge is -2.40. The molecule has 0 radical (unpaired) electrons. The molecule has 0 saturated heterocycles. The zero-order valence-corrected chi connectivity index (χ0v) is 19.3. The second-order valence-corrected chi connectivity index (χ2v) is 9.94. The molecule has 1 aromatic carbocycles. The van der Waals surface area contributed by atoms with Crippen LogP contribution in [0.1, 0.15) is 87.1 Å². The van der Waals surface area contributed by atoms with E-state index >= 15 is 0 Å². The Morgan fingerprint density at radius 2 is 1.52 bits per heavy atom. The lowest BCUT2D eigenvalue weighted by molar-refractivity contribution is -0.124. The number of amides is 1. The highest BCUT2D eigenvalue weighted by Crippen LogP contribution is 2.38. The predicted octanol–water partition coefficient (Wildman–Crippen LogP) is 5.43. The predicted molar refractivity (Wildman–Crippen MR) is 121 cm³/mol. The van der Waals surface area contributed by atoms with Crippen molar-refractivity contribution in [3.05, 3.63) is 29.3 Å². The van der Waals surface area contributed by atoms with Crippen LogP contribution in [0.25, 0.3) is 0 Å². The molecule has 0 aromatic heterocycles. The summed E-state index contributed by atoms with van der Waals surface area (Å²) < 4.78 is 11.2. The minimum absolute atomic E-state index is 0.0448. The third kappa shape index (κ3) is 5.31. The van der Waals surface area contributed by atoms with Gasteiger partial charge in [0.25, 0.3) is 0 Å². The molecular weight excluding hydrogens is 390 g/mol. The number of hydrogen-bond acceptors (Lipinski definition) is 4. The van der Waals surface area contributed by atoms with Gasteiger partial charge in [-0.2, -0.15) is 0 Å². The zero-order valence-electron chi connectivity index (χ0n) is 19.3. The first-order valence-corrected chi connectivity index (χ1v) is 12.1. The molecule has 5 nitrogen and oxygen atoms in total. The van der Waals surface area contributed by atoms with Crippen molar-refractivity contribution in [2.24, 2.45) is 11.8 Å². The number of benzene rings is 1. The number of carbonyl (C=O) groups excluding carboxylic acids is 2. The second kappa shape index (κ2) is 9.72. The van der Waals surface area contributed by atoms with Crippen molar-refractivity contribution in [3.8, 4) is 0 Å². The van der Waals surface area contributed by atoms with Crippen molar-refractivity contribution in [1.82, 2.24) is 0 Å². The first-order chi connectivity index (χ1) is 15.0. The molecule has 170 valence electrons. The van der Waals surface area contributed by atoms with Crippen LogP contribution >= 0.6 is 0 Å². The summed E-state index contributed by atoms with van der Waals surface area (Å²) in [6.45, 7) is 4.24. The highest BCUT2D eigenvalue weighted by molar-refractivity contribution is 6.03. The van der Waals surface area contributed by atoms with Crippen molar-refractivity contribution in [2.45, 2.75) is 96.3 Å². The molecule has 5 heteroatoms. The Labute approximate surface area is 186 Å². The summed E-state index contributed by atoms with van der Waals surface area (Å²) in [5.74, 6) is 0.549. The molecule has 1 amide bonds. The van der Waals surface area contributed by atoms with Gasteiger partial charge in [0.2, 0.25) is 5.91 Å². The molecule has 31 heavy (non-hydrogen) atoms. The van der Waals surface area contributed by atoms with E-state index in [-0.39, 0.29) is 23.8 Å². The highest BCUT2D eigenvalue weighted by atomic mass is 16.5. The largest absolute Gasteiger partial charge is 0.465 e. The van der Waals surface area contributed by atoms with Crippen LogP contribution in [0.4, 0.5) is 5.69 Å². The third-order valence-electron chi connectivity index (χ3n) is 7.34. The molecule has 0 unspecified atom stereocenters. The summed E-state index contributed by atoms with van der Waals surface area (Å²) in [6.07, 6.45) is 11.0. The van der Waals surface area contributed by atoms with Crippen molar-refractivity contribution in [1.29, 1.82) is 0 Å². The van der Waals surface area contributed by atoms with Gasteiger partial charge in [-0.05, 0) is 89.2 Å². The summed E-state index contributed by atoms with van der Waals surface area (Å²) in [5, 5.41) is 0. The molecule has 3 aliphatic rings. The Kier molecular flexibility index (Phi) is 7.00. The molecule has 0 bridgehead atoms. The molecule has 0 aliphatic heterocycles. The van der Waals surface area contributed by atoms with E-state index in [4.69, 9.17) is 9.47 Å². The van der Waals surface area contributed by atoms with E-state index in [9.17, 15) is 9.59 Å². The highest BCUT2D eigenvalue weighted by Gasteiger charge is 2.37. The van der Waals surface area contributed by atoms with E-state index in [1.165, 1.54) is 20.0 Å². The fraction of sp³-hybridized carbons (Fsp3) is 0.692. The smallest absolute Gasteiger partial charge is 0.339 e. The van der Waals surface area contributed by atoms with Gasteiger partial charge in [-0.25, -0.2) is 4.79 Å². The van der Waals surface area contributed by atoms with Crippen molar-refractivity contribution < 1.29 is 19.1 Å². The first-order valence-electron chi connectivity index (χ1n) is 12.1. The van der Waals surface area contributed by atoms with E-state index in [1.807, 2.05) is 30.0 Å². The number of carbonyl (C=O) groups is 2. The van der Waals surface area contributed by atoms with Gasteiger partial charge in [-0.3, -0.25) is 4.79 Å². The van der Waals surface area contributed by atoms with E-state index < -0.39 is 0 Å². The Bertz CT molecular complexity index is 787. The maximum absolute atomic E-state index is 13.9. The number of anilines is 1. The molecule has 0 atom stereocenters. The standard InChI is InChI=1S/C26H37NO4/c1-17-4-7-19(8-5-17)25(28)27(20-9-11-21(12-10-20)31-22-13-14-22)24-15-6-18(2)16-23(24)26(29)30-3/h6,15-17,19-22H,4-5,7-14H2,1-3H3. The number of hydrogen-bond donors (Lipinski definition) is 0.